The Labute approximate surface area is 115 Å². The van der Waals surface area contributed by atoms with Gasteiger partial charge in [0.15, 0.2) is 0 Å². The van der Waals surface area contributed by atoms with Gasteiger partial charge in [0.05, 0.1) is 6.10 Å². The quantitative estimate of drug-likeness (QED) is 0.904. The molecule has 1 aromatic rings. The summed E-state index contributed by atoms with van der Waals surface area (Å²) in [5, 5.41) is 3.59. The molecule has 3 rings (SSSR count). The molecule has 1 fully saturated rings. The summed E-state index contributed by atoms with van der Waals surface area (Å²) in [5.74, 6) is 0. The Morgan fingerprint density at radius 3 is 3.11 bits per heavy atom. The third-order valence-electron chi connectivity index (χ3n) is 4.21. The first-order valence-electron chi connectivity index (χ1n) is 7.51. The van der Waals surface area contributed by atoms with Gasteiger partial charge in [-0.25, -0.2) is 0 Å². The molecule has 0 spiro atoms. The van der Waals surface area contributed by atoms with Crippen molar-refractivity contribution in [2.24, 2.45) is 0 Å². The van der Waals surface area contributed by atoms with Crippen molar-refractivity contribution in [1.29, 1.82) is 0 Å². The zero-order valence-electron chi connectivity index (χ0n) is 11.8. The van der Waals surface area contributed by atoms with Crippen LogP contribution in [-0.2, 0) is 11.3 Å². The first-order valence-corrected chi connectivity index (χ1v) is 7.51. The smallest absolute Gasteiger partial charge is 0.0592 e. The van der Waals surface area contributed by atoms with E-state index in [4.69, 9.17) is 4.74 Å². The van der Waals surface area contributed by atoms with Gasteiger partial charge in [-0.2, -0.15) is 0 Å². The number of ether oxygens (including phenoxy) is 1. The van der Waals surface area contributed by atoms with Crippen molar-refractivity contribution in [1.82, 2.24) is 5.32 Å². The second-order valence-corrected chi connectivity index (χ2v) is 5.78. The van der Waals surface area contributed by atoms with Gasteiger partial charge in [-0.1, -0.05) is 18.2 Å². The van der Waals surface area contributed by atoms with Crippen LogP contribution >= 0.6 is 0 Å². The van der Waals surface area contributed by atoms with E-state index in [1.165, 1.54) is 24.1 Å². The number of fused-ring (bicyclic) bond motifs is 1. The molecule has 0 amide bonds. The number of benzene rings is 1. The van der Waals surface area contributed by atoms with Crippen molar-refractivity contribution in [2.45, 2.75) is 44.9 Å². The summed E-state index contributed by atoms with van der Waals surface area (Å²) in [7, 11) is 0. The van der Waals surface area contributed by atoms with E-state index in [9.17, 15) is 0 Å². The van der Waals surface area contributed by atoms with Crippen LogP contribution in [0.3, 0.4) is 0 Å². The highest BCUT2D eigenvalue weighted by Crippen LogP contribution is 2.25. The summed E-state index contributed by atoms with van der Waals surface area (Å²) in [4.78, 5) is 2.53. The van der Waals surface area contributed by atoms with Gasteiger partial charge < -0.3 is 15.0 Å². The summed E-state index contributed by atoms with van der Waals surface area (Å²) in [6.07, 6.45) is 4.11. The molecule has 0 bridgehead atoms. The van der Waals surface area contributed by atoms with Crippen LogP contribution in [0, 0.1) is 0 Å². The Bertz CT molecular complexity index is 415. The van der Waals surface area contributed by atoms with Gasteiger partial charge in [-0.05, 0) is 37.8 Å². The van der Waals surface area contributed by atoms with Crippen molar-refractivity contribution < 1.29 is 4.74 Å². The van der Waals surface area contributed by atoms with Gasteiger partial charge in [0.2, 0.25) is 0 Å². The van der Waals surface area contributed by atoms with E-state index < -0.39 is 0 Å². The molecule has 3 nitrogen and oxygen atoms in total. The number of rotatable bonds is 3. The highest BCUT2D eigenvalue weighted by Gasteiger charge is 2.21. The molecule has 19 heavy (non-hydrogen) atoms. The van der Waals surface area contributed by atoms with E-state index in [0.717, 1.165) is 32.7 Å². The molecule has 1 saturated heterocycles. The largest absolute Gasteiger partial charge is 0.378 e. The van der Waals surface area contributed by atoms with Crippen molar-refractivity contribution in [3.05, 3.63) is 29.8 Å². The van der Waals surface area contributed by atoms with Gasteiger partial charge in [0, 0.05) is 38.0 Å². The van der Waals surface area contributed by atoms with Crippen LogP contribution in [0.2, 0.25) is 0 Å². The average molecular weight is 260 g/mol. The molecule has 2 unspecified atom stereocenters. The maximum atomic E-state index is 5.75. The molecule has 2 heterocycles. The topological polar surface area (TPSA) is 24.5 Å². The van der Waals surface area contributed by atoms with Crippen LogP contribution in [0.25, 0.3) is 0 Å². The number of para-hydroxylation sites is 1. The predicted molar refractivity (Wildman–Crippen MR) is 78.5 cm³/mol. The third-order valence-corrected chi connectivity index (χ3v) is 4.21. The predicted octanol–water partition coefficient (Wildman–Crippen LogP) is 2.55. The zero-order chi connectivity index (χ0) is 13.1. The number of nitrogens with zero attached hydrogens (tertiary/aromatic N) is 1. The molecular formula is C16H24N2O. The minimum absolute atomic E-state index is 0.485. The van der Waals surface area contributed by atoms with E-state index in [1.54, 1.807) is 0 Å². The summed E-state index contributed by atoms with van der Waals surface area (Å²) in [6.45, 7) is 6.40. The Balaban J connectivity index is 1.70. The molecule has 104 valence electrons. The van der Waals surface area contributed by atoms with Crippen LogP contribution in [0.4, 0.5) is 5.69 Å². The summed E-state index contributed by atoms with van der Waals surface area (Å²) in [5.41, 5.74) is 2.82. The summed E-state index contributed by atoms with van der Waals surface area (Å²) >= 11 is 0. The number of nitrogens with one attached hydrogen (secondary N) is 1. The molecule has 2 aliphatic heterocycles. The number of hydrogen-bond acceptors (Lipinski definition) is 3. The Morgan fingerprint density at radius 2 is 2.26 bits per heavy atom. The van der Waals surface area contributed by atoms with Crippen LogP contribution in [0.1, 0.15) is 31.7 Å². The molecule has 0 radical (unpaired) electrons. The number of anilines is 1. The van der Waals surface area contributed by atoms with E-state index in [2.05, 4.69) is 41.4 Å². The molecule has 1 aromatic carbocycles. The highest BCUT2D eigenvalue weighted by molar-refractivity contribution is 5.54. The van der Waals surface area contributed by atoms with Gasteiger partial charge in [-0.3, -0.25) is 0 Å². The molecule has 2 aliphatic rings. The van der Waals surface area contributed by atoms with Gasteiger partial charge in [0.1, 0.15) is 0 Å². The second-order valence-electron chi connectivity index (χ2n) is 5.78. The monoisotopic (exact) mass is 260 g/mol. The highest BCUT2D eigenvalue weighted by atomic mass is 16.5. The molecule has 0 saturated carbocycles. The second kappa shape index (κ2) is 5.93. The Hall–Kier alpha value is -1.06. The van der Waals surface area contributed by atoms with Crippen LogP contribution in [-0.4, -0.2) is 31.8 Å². The van der Waals surface area contributed by atoms with Crippen LogP contribution in [0.15, 0.2) is 24.3 Å². The van der Waals surface area contributed by atoms with Gasteiger partial charge in [-0.15, -0.1) is 0 Å². The van der Waals surface area contributed by atoms with Crippen molar-refractivity contribution >= 4 is 5.69 Å². The maximum Gasteiger partial charge on any atom is 0.0592 e. The van der Waals surface area contributed by atoms with Crippen molar-refractivity contribution in [3.63, 3.8) is 0 Å². The summed E-state index contributed by atoms with van der Waals surface area (Å²) in [6, 6.07) is 9.31. The van der Waals surface area contributed by atoms with E-state index in [-0.39, 0.29) is 0 Å². The SMILES string of the molecule is CC1CN(CCC2CCCO2)c2ccccc2CN1. The summed E-state index contributed by atoms with van der Waals surface area (Å²) < 4.78 is 5.75. The minimum atomic E-state index is 0.485. The Kier molecular flexibility index (Phi) is 4.04. The fourth-order valence-corrected chi connectivity index (χ4v) is 3.13. The molecular weight excluding hydrogens is 236 g/mol. The molecule has 2 atom stereocenters. The zero-order valence-corrected chi connectivity index (χ0v) is 11.8. The normalized spacial score (nSPS) is 27.1. The van der Waals surface area contributed by atoms with Crippen molar-refractivity contribution in [2.75, 3.05) is 24.6 Å². The van der Waals surface area contributed by atoms with E-state index in [1.807, 2.05) is 0 Å². The lowest BCUT2D eigenvalue weighted by molar-refractivity contribution is 0.105. The third kappa shape index (κ3) is 3.10. The van der Waals surface area contributed by atoms with Gasteiger partial charge in [0.25, 0.3) is 0 Å². The van der Waals surface area contributed by atoms with E-state index >= 15 is 0 Å². The molecule has 0 aliphatic carbocycles. The maximum absolute atomic E-state index is 5.75. The first-order chi connectivity index (χ1) is 9.33. The molecule has 0 aromatic heterocycles. The van der Waals surface area contributed by atoms with E-state index in [0.29, 0.717) is 12.1 Å². The van der Waals surface area contributed by atoms with Gasteiger partial charge >= 0.3 is 0 Å². The fraction of sp³-hybridized carbons (Fsp3) is 0.625. The average Bonchev–Trinajstić information content (AvgIpc) is 2.89. The lowest BCUT2D eigenvalue weighted by Crippen LogP contribution is -2.37. The standard InChI is InChI=1S/C16H24N2O/c1-13-12-18(9-8-15-6-4-10-19-15)16-7-3-2-5-14(16)11-17-13/h2-3,5,7,13,15,17H,4,6,8-12H2,1H3. The number of hydrogen-bond donors (Lipinski definition) is 1. The minimum Gasteiger partial charge on any atom is -0.378 e. The molecule has 1 N–H and O–H groups in total. The molecule has 3 heteroatoms. The Morgan fingerprint density at radius 1 is 1.37 bits per heavy atom. The first kappa shape index (κ1) is 12.9. The van der Waals surface area contributed by atoms with Crippen molar-refractivity contribution in [3.8, 4) is 0 Å². The van der Waals surface area contributed by atoms with Crippen LogP contribution < -0.4 is 10.2 Å². The fourth-order valence-electron chi connectivity index (χ4n) is 3.13. The van der Waals surface area contributed by atoms with Crippen LogP contribution in [0.5, 0.6) is 0 Å². The lowest BCUT2D eigenvalue weighted by atomic mass is 10.1. The lowest BCUT2D eigenvalue weighted by Gasteiger charge is -2.27.